The van der Waals surface area contributed by atoms with Gasteiger partial charge in [0.05, 0.1) is 33.6 Å². The van der Waals surface area contributed by atoms with E-state index in [1.165, 1.54) is 7.11 Å². The van der Waals surface area contributed by atoms with Crippen LogP contribution in [0.5, 0.6) is 5.75 Å². The molecule has 3 rings (SSSR count). The lowest BCUT2D eigenvalue weighted by atomic mass is 9.99. The molecule has 1 aliphatic carbocycles. The number of benzene rings is 1. The second-order valence-corrected chi connectivity index (χ2v) is 7.27. The van der Waals surface area contributed by atoms with Crippen LogP contribution in [0.2, 0.25) is 0 Å². The molecule has 0 saturated carbocycles. The van der Waals surface area contributed by atoms with Gasteiger partial charge < -0.3 is 39.8 Å². The van der Waals surface area contributed by atoms with Crippen molar-refractivity contribution >= 4 is 23.4 Å². The Morgan fingerprint density at radius 3 is 2.58 bits per heavy atom. The van der Waals surface area contributed by atoms with Gasteiger partial charge in [-0.3, -0.25) is 9.79 Å². The number of amides is 1. The molecule has 0 spiro atoms. The molecular formula is C26H35N3O7. The summed E-state index contributed by atoms with van der Waals surface area (Å²) in [6, 6.07) is 4.20. The van der Waals surface area contributed by atoms with E-state index in [4.69, 9.17) is 29.4 Å². The van der Waals surface area contributed by atoms with Crippen LogP contribution >= 0.6 is 0 Å². The van der Waals surface area contributed by atoms with Crippen LogP contribution in [0.15, 0.2) is 64.3 Å². The zero-order valence-electron chi connectivity index (χ0n) is 21.5. The number of ether oxygens (including phenoxy) is 5. The van der Waals surface area contributed by atoms with Gasteiger partial charge in [-0.1, -0.05) is 26.0 Å². The Labute approximate surface area is 211 Å². The normalized spacial score (nSPS) is 17.8. The molecule has 196 valence electrons. The molecule has 36 heavy (non-hydrogen) atoms. The lowest BCUT2D eigenvalue weighted by molar-refractivity contribution is -0.118. The number of methoxy groups -OCH3 is 4. The van der Waals surface area contributed by atoms with E-state index in [1.54, 1.807) is 45.8 Å². The third kappa shape index (κ3) is 6.54. The highest BCUT2D eigenvalue weighted by Crippen LogP contribution is 2.34. The van der Waals surface area contributed by atoms with E-state index >= 15 is 0 Å². The van der Waals surface area contributed by atoms with Crippen molar-refractivity contribution in [3.05, 3.63) is 64.8 Å². The van der Waals surface area contributed by atoms with E-state index in [0.717, 1.165) is 5.57 Å². The highest BCUT2D eigenvalue weighted by Gasteiger charge is 2.24. The van der Waals surface area contributed by atoms with Crippen LogP contribution in [0.4, 0.5) is 5.69 Å². The summed E-state index contributed by atoms with van der Waals surface area (Å²) in [7, 11) is 6.17. The van der Waals surface area contributed by atoms with Crippen molar-refractivity contribution in [1.82, 2.24) is 0 Å². The van der Waals surface area contributed by atoms with Crippen molar-refractivity contribution in [2.45, 2.75) is 26.0 Å². The molecular weight excluding hydrogens is 466 g/mol. The largest absolute Gasteiger partial charge is 0.495 e. The van der Waals surface area contributed by atoms with Gasteiger partial charge in [0.2, 0.25) is 5.91 Å². The van der Waals surface area contributed by atoms with Crippen molar-refractivity contribution in [2.75, 3.05) is 47.1 Å². The minimum Gasteiger partial charge on any atom is -0.495 e. The van der Waals surface area contributed by atoms with E-state index < -0.39 is 24.7 Å². The first kappa shape index (κ1) is 28.6. The molecule has 1 aromatic carbocycles. The average Bonchev–Trinajstić information content (AvgIpc) is 3.12. The lowest BCUT2D eigenvalue weighted by Crippen LogP contribution is -2.38. The van der Waals surface area contributed by atoms with Crippen molar-refractivity contribution in [1.29, 1.82) is 0 Å². The Balaban J connectivity index is 0.00000222. The van der Waals surface area contributed by atoms with E-state index in [1.807, 2.05) is 32.1 Å². The zero-order chi connectivity index (χ0) is 26.7. The van der Waals surface area contributed by atoms with Gasteiger partial charge in [-0.05, 0) is 29.8 Å². The Hall–Kier alpha value is -3.60. The molecule has 1 heterocycles. The minimum absolute atomic E-state index is 0.145. The Morgan fingerprint density at radius 1 is 1.22 bits per heavy atom. The maximum absolute atomic E-state index is 12.3. The molecule has 1 aliphatic heterocycles. The summed E-state index contributed by atoms with van der Waals surface area (Å²) in [5, 5.41) is 11.9. The van der Waals surface area contributed by atoms with Crippen LogP contribution in [-0.2, 0) is 23.7 Å². The van der Waals surface area contributed by atoms with Crippen molar-refractivity contribution in [3.63, 3.8) is 0 Å². The van der Waals surface area contributed by atoms with Crippen molar-refractivity contribution in [2.24, 2.45) is 10.7 Å². The predicted octanol–water partition coefficient (Wildman–Crippen LogP) is 2.76. The molecule has 0 aromatic heterocycles. The van der Waals surface area contributed by atoms with Gasteiger partial charge in [0, 0.05) is 24.5 Å². The number of hydrogen-bond acceptors (Lipinski definition) is 9. The zero-order valence-corrected chi connectivity index (χ0v) is 21.5. The van der Waals surface area contributed by atoms with Gasteiger partial charge in [-0.15, -0.1) is 0 Å². The summed E-state index contributed by atoms with van der Waals surface area (Å²) >= 11 is 0. The van der Waals surface area contributed by atoms with Gasteiger partial charge in [0.25, 0.3) is 0 Å². The summed E-state index contributed by atoms with van der Waals surface area (Å²) < 4.78 is 27.9. The number of anilines is 1. The van der Waals surface area contributed by atoms with Crippen LogP contribution in [-0.4, -0.2) is 71.2 Å². The number of nitrogens with zero attached hydrogens (tertiary/aromatic N) is 1. The molecule has 2 atom stereocenters. The quantitative estimate of drug-likeness (QED) is 0.470. The van der Waals surface area contributed by atoms with Gasteiger partial charge in [-0.25, -0.2) is 0 Å². The molecule has 2 unspecified atom stereocenters. The smallest absolute Gasteiger partial charge is 0.243 e. The number of nitrogens with one attached hydrogen (secondary N) is 1. The number of nitrogens with two attached hydrogens (primary N) is 1. The summed E-state index contributed by atoms with van der Waals surface area (Å²) in [5.41, 5.74) is 8.14. The summed E-state index contributed by atoms with van der Waals surface area (Å²) in [4.78, 5) is 16.5. The molecule has 0 radical (unpaired) electrons. The highest BCUT2D eigenvalue weighted by molar-refractivity contribution is 6.12. The van der Waals surface area contributed by atoms with Crippen molar-refractivity contribution in [3.8, 4) is 5.75 Å². The number of hydrogen-bond donors (Lipinski definition) is 3. The highest BCUT2D eigenvalue weighted by atomic mass is 16.5. The van der Waals surface area contributed by atoms with E-state index in [2.05, 4.69) is 10.3 Å². The fourth-order valence-corrected chi connectivity index (χ4v) is 3.48. The molecule has 2 aliphatic rings. The first-order valence-electron chi connectivity index (χ1n) is 11.4. The molecule has 10 nitrogen and oxygen atoms in total. The molecule has 4 N–H and O–H groups in total. The topological polar surface area (TPSA) is 134 Å². The molecule has 0 fully saturated rings. The van der Waals surface area contributed by atoms with Gasteiger partial charge >= 0.3 is 0 Å². The van der Waals surface area contributed by atoms with Gasteiger partial charge in [0.1, 0.15) is 23.7 Å². The van der Waals surface area contributed by atoms with Crippen LogP contribution in [0, 0.1) is 0 Å². The maximum Gasteiger partial charge on any atom is 0.243 e. The number of carbonyl (C=O) groups is 1. The Bertz CT molecular complexity index is 1070. The standard InChI is InChI=1S/C24H29N3O7.C2H6/c1-30-19-7-5-14(9-18(19)27-24(29)17(25)12-28)16-11-26-13-34-22(16)15-6-8-20(31-2)23(33-4)21(10-15)32-3;1-2/h5-11,17,20,28H,12-13,25H2,1-4H3,(H,27,29);1-2H3. The predicted molar refractivity (Wildman–Crippen MR) is 138 cm³/mol. The van der Waals surface area contributed by atoms with Crippen LogP contribution in [0.25, 0.3) is 5.57 Å². The number of aliphatic hydroxyl groups excluding tert-OH is 1. The minimum atomic E-state index is -1.06. The summed E-state index contributed by atoms with van der Waals surface area (Å²) in [6.45, 7) is 3.66. The average molecular weight is 502 g/mol. The second kappa shape index (κ2) is 14.1. The summed E-state index contributed by atoms with van der Waals surface area (Å²) in [5.74, 6) is 1.47. The lowest BCUT2D eigenvalue weighted by Gasteiger charge is -2.19. The third-order valence-electron chi connectivity index (χ3n) is 5.24. The monoisotopic (exact) mass is 501 g/mol. The number of aliphatic imine (C=N–C) groups is 1. The molecule has 1 amide bonds. The third-order valence-corrected chi connectivity index (χ3v) is 5.24. The van der Waals surface area contributed by atoms with Crippen LogP contribution in [0.3, 0.4) is 0 Å². The van der Waals surface area contributed by atoms with Crippen LogP contribution < -0.4 is 15.8 Å². The van der Waals surface area contributed by atoms with E-state index in [9.17, 15) is 9.90 Å². The molecule has 0 saturated heterocycles. The van der Waals surface area contributed by atoms with Crippen molar-refractivity contribution < 1.29 is 33.6 Å². The fourth-order valence-electron chi connectivity index (χ4n) is 3.48. The fraction of sp³-hybridized carbons (Fsp3) is 0.385. The van der Waals surface area contributed by atoms with Gasteiger partial charge in [-0.2, -0.15) is 0 Å². The van der Waals surface area contributed by atoms with Gasteiger partial charge in [0.15, 0.2) is 18.2 Å². The number of rotatable bonds is 9. The Kier molecular flexibility index (Phi) is 11.2. The van der Waals surface area contributed by atoms with E-state index in [0.29, 0.717) is 39.9 Å². The van der Waals surface area contributed by atoms with E-state index in [-0.39, 0.29) is 6.73 Å². The number of aliphatic hydroxyl groups is 1. The number of carbonyl (C=O) groups excluding carboxylic acids is 1. The first-order chi connectivity index (χ1) is 17.5. The molecule has 0 bridgehead atoms. The Morgan fingerprint density at radius 2 is 1.97 bits per heavy atom. The maximum atomic E-state index is 12.3. The molecule has 1 aromatic rings. The first-order valence-corrected chi connectivity index (χ1v) is 11.4. The SMILES string of the molecule is CC.COC1=C(OC)C(OC)C=CC(C2=C(c3ccc(OC)c(NC(=O)C(N)CO)c3)C=NCO2)=C1. The van der Waals surface area contributed by atoms with Crippen LogP contribution in [0.1, 0.15) is 19.4 Å². The second-order valence-electron chi connectivity index (χ2n) is 7.27. The molecule has 10 heteroatoms. The number of allylic oxidation sites excluding steroid dienone is 3. The summed E-state index contributed by atoms with van der Waals surface area (Å²) in [6.07, 6.45) is 6.77.